The monoisotopic (exact) mass is 305 g/mol. The van der Waals surface area contributed by atoms with Crippen molar-refractivity contribution in [1.29, 1.82) is 0 Å². The first-order valence-corrected chi connectivity index (χ1v) is 7.34. The lowest BCUT2D eigenvalue weighted by molar-refractivity contribution is -0.131. The molecule has 0 bridgehead atoms. The van der Waals surface area contributed by atoms with Crippen LogP contribution in [0.15, 0.2) is 30.3 Å². The van der Waals surface area contributed by atoms with Gasteiger partial charge in [-0.2, -0.15) is 0 Å². The van der Waals surface area contributed by atoms with Crippen molar-refractivity contribution < 1.29 is 14.7 Å². The van der Waals surface area contributed by atoms with Crippen molar-refractivity contribution >= 4 is 11.9 Å². The molecule has 0 saturated carbocycles. The van der Waals surface area contributed by atoms with Gasteiger partial charge in [-0.1, -0.05) is 30.3 Å². The van der Waals surface area contributed by atoms with Gasteiger partial charge in [0.15, 0.2) is 0 Å². The molecule has 1 heterocycles. The topological polar surface area (TPSA) is 72.9 Å². The first kappa shape index (κ1) is 16.5. The number of urea groups is 1. The van der Waals surface area contributed by atoms with E-state index in [1.54, 1.807) is 13.8 Å². The smallest absolute Gasteiger partial charge is 0.325 e. The molecule has 1 aromatic carbocycles. The van der Waals surface area contributed by atoms with E-state index in [4.69, 9.17) is 0 Å². The molecule has 120 valence electrons. The van der Waals surface area contributed by atoms with Gasteiger partial charge < -0.3 is 10.4 Å². The van der Waals surface area contributed by atoms with Gasteiger partial charge in [-0.05, 0) is 26.5 Å². The molecule has 1 aromatic rings. The van der Waals surface area contributed by atoms with Crippen molar-refractivity contribution in [3.8, 4) is 0 Å². The summed E-state index contributed by atoms with van der Waals surface area (Å²) in [6.07, 6.45) is -0.780. The molecule has 1 fully saturated rings. The summed E-state index contributed by atoms with van der Waals surface area (Å²) < 4.78 is 0. The van der Waals surface area contributed by atoms with Crippen LogP contribution in [0.1, 0.15) is 19.4 Å². The summed E-state index contributed by atoms with van der Waals surface area (Å²) >= 11 is 0. The van der Waals surface area contributed by atoms with E-state index in [2.05, 4.69) is 5.32 Å². The average Bonchev–Trinajstić information content (AvgIpc) is 2.62. The Kier molecular flexibility index (Phi) is 4.83. The second-order valence-corrected chi connectivity index (χ2v) is 6.31. The third kappa shape index (κ3) is 3.84. The summed E-state index contributed by atoms with van der Waals surface area (Å²) in [6.45, 7) is 4.39. The van der Waals surface area contributed by atoms with E-state index >= 15 is 0 Å². The normalized spacial score (nSPS) is 18.7. The third-order valence-corrected chi connectivity index (χ3v) is 3.66. The Hall–Kier alpha value is -1.92. The van der Waals surface area contributed by atoms with Crippen molar-refractivity contribution in [3.05, 3.63) is 35.9 Å². The van der Waals surface area contributed by atoms with E-state index in [1.165, 1.54) is 0 Å². The lowest BCUT2D eigenvalue weighted by Gasteiger charge is -2.23. The molecule has 1 aliphatic heterocycles. The van der Waals surface area contributed by atoms with E-state index < -0.39 is 17.7 Å². The molecule has 22 heavy (non-hydrogen) atoms. The van der Waals surface area contributed by atoms with Crippen LogP contribution in [0.25, 0.3) is 0 Å². The Balaban J connectivity index is 1.86. The highest BCUT2D eigenvalue weighted by atomic mass is 16.3. The van der Waals surface area contributed by atoms with E-state index in [0.29, 0.717) is 13.1 Å². The van der Waals surface area contributed by atoms with Gasteiger partial charge in [-0.25, -0.2) is 4.79 Å². The Bertz CT molecular complexity index is 545. The van der Waals surface area contributed by atoms with Gasteiger partial charge in [-0.15, -0.1) is 0 Å². The van der Waals surface area contributed by atoms with Gasteiger partial charge in [0.05, 0.1) is 12.6 Å². The van der Waals surface area contributed by atoms with Crippen LogP contribution >= 0.6 is 0 Å². The first-order valence-electron chi connectivity index (χ1n) is 7.34. The van der Waals surface area contributed by atoms with Gasteiger partial charge >= 0.3 is 6.03 Å². The molecule has 0 spiro atoms. The number of β-amino-alcohol motifs (C(OH)–C–C–N with tert-alkyl or cyclic N) is 1. The van der Waals surface area contributed by atoms with Gasteiger partial charge in [-0.3, -0.25) is 14.6 Å². The van der Waals surface area contributed by atoms with E-state index in [-0.39, 0.29) is 12.5 Å². The number of aliphatic hydroxyl groups excluding tert-OH is 1. The molecule has 0 radical (unpaired) electrons. The second kappa shape index (κ2) is 6.46. The molecule has 1 aliphatic rings. The number of nitrogens with one attached hydrogen (secondary N) is 1. The minimum Gasteiger partial charge on any atom is -0.390 e. The molecular weight excluding hydrogens is 282 g/mol. The van der Waals surface area contributed by atoms with Crippen LogP contribution in [0.2, 0.25) is 0 Å². The molecule has 6 nitrogen and oxygen atoms in total. The highest BCUT2D eigenvalue weighted by Crippen LogP contribution is 2.17. The molecule has 0 unspecified atom stereocenters. The fraction of sp³-hybridized carbons (Fsp3) is 0.500. The molecule has 3 amide bonds. The minimum atomic E-state index is -0.896. The van der Waals surface area contributed by atoms with Crippen LogP contribution in [0.3, 0.4) is 0 Å². The zero-order valence-corrected chi connectivity index (χ0v) is 13.2. The zero-order chi connectivity index (χ0) is 16.3. The maximum atomic E-state index is 12.1. The highest BCUT2D eigenvalue weighted by Gasteiger charge is 2.44. The number of hydrogen-bond acceptors (Lipinski definition) is 4. The number of carbonyl (C=O) groups excluding carboxylic acids is 2. The number of benzene rings is 1. The average molecular weight is 305 g/mol. The van der Waals surface area contributed by atoms with Crippen LogP contribution < -0.4 is 5.32 Å². The van der Waals surface area contributed by atoms with Crippen molar-refractivity contribution in [2.24, 2.45) is 0 Å². The van der Waals surface area contributed by atoms with Gasteiger partial charge in [0, 0.05) is 13.1 Å². The van der Waals surface area contributed by atoms with Crippen LogP contribution in [0.4, 0.5) is 4.79 Å². The number of hydrogen-bond donors (Lipinski definition) is 2. The molecule has 1 atom stereocenters. The molecule has 0 aromatic heterocycles. The van der Waals surface area contributed by atoms with Crippen molar-refractivity contribution in [1.82, 2.24) is 15.1 Å². The fourth-order valence-corrected chi connectivity index (χ4v) is 2.57. The van der Waals surface area contributed by atoms with E-state index in [0.717, 1.165) is 10.5 Å². The van der Waals surface area contributed by atoms with Crippen molar-refractivity contribution in [2.75, 3.05) is 20.1 Å². The van der Waals surface area contributed by atoms with Crippen molar-refractivity contribution in [2.45, 2.75) is 32.0 Å². The van der Waals surface area contributed by atoms with Crippen molar-refractivity contribution in [3.63, 3.8) is 0 Å². The number of nitrogens with zero attached hydrogens (tertiary/aromatic N) is 2. The second-order valence-electron chi connectivity index (χ2n) is 6.31. The SMILES string of the molecule is CN(Cc1ccccc1)C[C@@H](O)CN1C(=O)NC(C)(C)C1=O. The van der Waals surface area contributed by atoms with E-state index in [1.807, 2.05) is 42.3 Å². The molecule has 6 heteroatoms. The summed E-state index contributed by atoms with van der Waals surface area (Å²) in [5, 5.41) is 12.8. The van der Waals surface area contributed by atoms with Crippen LogP contribution in [-0.2, 0) is 11.3 Å². The predicted octanol–water partition coefficient (Wildman–Crippen LogP) is 0.810. The predicted molar refractivity (Wildman–Crippen MR) is 83.1 cm³/mol. The van der Waals surface area contributed by atoms with Gasteiger partial charge in [0.25, 0.3) is 5.91 Å². The maximum absolute atomic E-state index is 12.1. The quantitative estimate of drug-likeness (QED) is 0.763. The first-order chi connectivity index (χ1) is 10.3. The number of rotatable bonds is 6. The number of imide groups is 1. The van der Waals surface area contributed by atoms with Crippen LogP contribution in [0.5, 0.6) is 0 Å². The molecule has 2 rings (SSSR count). The molecular formula is C16H23N3O3. The zero-order valence-electron chi connectivity index (χ0n) is 13.2. The number of carbonyl (C=O) groups is 2. The largest absolute Gasteiger partial charge is 0.390 e. The summed E-state index contributed by atoms with van der Waals surface area (Å²) in [5.74, 6) is -0.303. The Morgan fingerprint density at radius 2 is 1.91 bits per heavy atom. The van der Waals surface area contributed by atoms with Crippen LogP contribution in [0, 0.1) is 0 Å². The third-order valence-electron chi connectivity index (χ3n) is 3.66. The Labute approximate surface area is 130 Å². The summed E-state index contributed by atoms with van der Waals surface area (Å²) in [4.78, 5) is 26.9. The van der Waals surface area contributed by atoms with Gasteiger partial charge in [0.1, 0.15) is 5.54 Å². The van der Waals surface area contributed by atoms with Crippen LogP contribution in [-0.4, -0.2) is 58.6 Å². The van der Waals surface area contributed by atoms with Gasteiger partial charge in [0.2, 0.25) is 0 Å². The van der Waals surface area contributed by atoms with E-state index in [9.17, 15) is 14.7 Å². The number of aliphatic hydroxyl groups is 1. The standard InChI is InChI=1S/C16H23N3O3/c1-16(2)14(21)19(15(22)17-16)11-13(20)10-18(3)9-12-7-5-4-6-8-12/h4-8,13,20H,9-11H2,1-3H3,(H,17,22)/t13-/m1/s1. The molecule has 1 saturated heterocycles. The summed E-state index contributed by atoms with van der Waals surface area (Å²) in [5.41, 5.74) is 0.251. The lowest BCUT2D eigenvalue weighted by atomic mass is 10.1. The molecule has 0 aliphatic carbocycles. The fourth-order valence-electron chi connectivity index (χ4n) is 2.57. The Morgan fingerprint density at radius 1 is 1.27 bits per heavy atom. The number of amides is 3. The number of likely N-dealkylation sites (N-methyl/N-ethyl adjacent to an activating group) is 1. The molecule has 2 N–H and O–H groups in total. The minimum absolute atomic E-state index is 0.00717. The highest BCUT2D eigenvalue weighted by molar-refractivity contribution is 6.06. The lowest BCUT2D eigenvalue weighted by Crippen LogP contribution is -2.43. The summed E-state index contributed by atoms with van der Waals surface area (Å²) in [6, 6.07) is 9.48. The Morgan fingerprint density at radius 3 is 2.45 bits per heavy atom. The summed E-state index contributed by atoms with van der Waals surface area (Å²) in [7, 11) is 1.89. The maximum Gasteiger partial charge on any atom is 0.325 e.